The molecule has 13 heavy (non-hydrogen) atoms. The SMILES string of the molecule is Cc1oncc1NC(=O)C1COC1. The Hall–Kier alpha value is -1.36. The van der Waals surface area contributed by atoms with Gasteiger partial charge in [0, 0.05) is 0 Å². The van der Waals surface area contributed by atoms with Crippen molar-refractivity contribution < 1.29 is 14.1 Å². The first-order valence-corrected chi connectivity index (χ1v) is 4.07. The number of hydrogen-bond donors (Lipinski definition) is 1. The van der Waals surface area contributed by atoms with Crippen molar-refractivity contribution in [3.05, 3.63) is 12.0 Å². The maximum Gasteiger partial charge on any atom is 0.232 e. The highest BCUT2D eigenvalue weighted by Gasteiger charge is 2.27. The Morgan fingerprint density at radius 2 is 2.46 bits per heavy atom. The van der Waals surface area contributed by atoms with Crippen LogP contribution in [0.3, 0.4) is 0 Å². The largest absolute Gasteiger partial charge is 0.380 e. The number of amides is 1. The minimum absolute atomic E-state index is 0.0192. The molecular weight excluding hydrogens is 172 g/mol. The van der Waals surface area contributed by atoms with E-state index < -0.39 is 0 Å². The van der Waals surface area contributed by atoms with Crippen molar-refractivity contribution >= 4 is 11.6 Å². The van der Waals surface area contributed by atoms with E-state index in [0.29, 0.717) is 24.7 Å². The number of aromatic nitrogens is 1. The summed E-state index contributed by atoms with van der Waals surface area (Å²) >= 11 is 0. The molecule has 5 nitrogen and oxygen atoms in total. The van der Waals surface area contributed by atoms with E-state index in [0.717, 1.165) is 0 Å². The molecule has 0 aliphatic carbocycles. The van der Waals surface area contributed by atoms with Crippen LogP contribution in [0.5, 0.6) is 0 Å². The van der Waals surface area contributed by atoms with Gasteiger partial charge in [-0.05, 0) is 6.92 Å². The van der Waals surface area contributed by atoms with E-state index >= 15 is 0 Å². The van der Waals surface area contributed by atoms with Crippen LogP contribution in [0.4, 0.5) is 5.69 Å². The zero-order chi connectivity index (χ0) is 9.26. The van der Waals surface area contributed by atoms with Crippen LogP contribution >= 0.6 is 0 Å². The number of ether oxygens (including phenoxy) is 1. The molecule has 2 heterocycles. The topological polar surface area (TPSA) is 64.4 Å². The molecule has 0 spiro atoms. The highest BCUT2D eigenvalue weighted by molar-refractivity contribution is 5.93. The van der Waals surface area contributed by atoms with Crippen LogP contribution in [0, 0.1) is 12.8 Å². The molecule has 1 N–H and O–H groups in total. The Bertz CT molecular complexity index is 317. The van der Waals surface area contributed by atoms with E-state index in [2.05, 4.69) is 10.5 Å². The Balaban J connectivity index is 1.97. The van der Waals surface area contributed by atoms with E-state index in [4.69, 9.17) is 9.26 Å². The molecule has 1 saturated heterocycles. The van der Waals surface area contributed by atoms with Crippen LogP contribution in [-0.4, -0.2) is 24.3 Å². The third kappa shape index (κ3) is 1.55. The first kappa shape index (κ1) is 8.25. The molecule has 1 aliphatic rings. The van der Waals surface area contributed by atoms with E-state index in [1.165, 1.54) is 6.20 Å². The molecule has 0 radical (unpaired) electrons. The smallest absolute Gasteiger partial charge is 0.232 e. The molecule has 70 valence electrons. The summed E-state index contributed by atoms with van der Waals surface area (Å²) in [5.74, 6) is 0.570. The lowest BCUT2D eigenvalue weighted by atomic mass is 10.1. The minimum atomic E-state index is -0.0300. The third-order valence-electron chi connectivity index (χ3n) is 2.02. The normalized spacial score (nSPS) is 16.7. The summed E-state index contributed by atoms with van der Waals surface area (Å²) < 4.78 is 9.71. The van der Waals surface area contributed by atoms with Crippen molar-refractivity contribution in [2.45, 2.75) is 6.92 Å². The van der Waals surface area contributed by atoms with E-state index in [1.807, 2.05) is 0 Å². The second-order valence-corrected chi connectivity index (χ2v) is 3.02. The molecular formula is C8H10N2O3. The monoisotopic (exact) mass is 182 g/mol. The van der Waals surface area contributed by atoms with Crippen LogP contribution < -0.4 is 5.32 Å². The highest BCUT2D eigenvalue weighted by atomic mass is 16.5. The number of hydrogen-bond acceptors (Lipinski definition) is 4. The van der Waals surface area contributed by atoms with Gasteiger partial charge in [0.15, 0.2) is 5.76 Å². The molecule has 2 rings (SSSR count). The molecule has 0 bridgehead atoms. The Morgan fingerprint density at radius 1 is 1.69 bits per heavy atom. The molecule has 1 aliphatic heterocycles. The second kappa shape index (κ2) is 3.18. The minimum Gasteiger partial charge on any atom is -0.380 e. The van der Waals surface area contributed by atoms with Gasteiger partial charge in [-0.3, -0.25) is 4.79 Å². The Kier molecular flexibility index (Phi) is 2.02. The number of nitrogens with zero attached hydrogens (tertiary/aromatic N) is 1. The molecule has 0 atom stereocenters. The zero-order valence-electron chi connectivity index (χ0n) is 7.24. The van der Waals surface area contributed by atoms with Gasteiger partial charge in [0.25, 0.3) is 0 Å². The van der Waals surface area contributed by atoms with Crippen molar-refractivity contribution in [3.63, 3.8) is 0 Å². The maximum atomic E-state index is 11.4. The van der Waals surface area contributed by atoms with Gasteiger partial charge in [-0.1, -0.05) is 5.16 Å². The van der Waals surface area contributed by atoms with Gasteiger partial charge in [0.1, 0.15) is 5.69 Å². The van der Waals surface area contributed by atoms with Gasteiger partial charge in [-0.25, -0.2) is 0 Å². The van der Waals surface area contributed by atoms with Crippen LogP contribution in [-0.2, 0) is 9.53 Å². The van der Waals surface area contributed by atoms with Crippen molar-refractivity contribution in [3.8, 4) is 0 Å². The molecule has 0 unspecified atom stereocenters. The summed E-state index contributed by atoms with van der Waals surface area (Å²) in [6.45, 7) is 2.77. The molecule has 1 fully saturated rings. The summed E-state index contributed by atoms with van der Waals surface area (Å²) in [4.78, 5) is 11.4. The highest BCUT2D eigenvalue weighted by Crippen LogP contribution is 2.16. The van der Waals surface area contributed by atoms with Gasteiger partial charge in [0.05, 0.1) is 25.3 Å². The van der Waals surface area contributed by atoms with E-state index in [9.17, 15) is 4.79 Å². The number of carbonyl (C=O) groups is 1. The predicted octanol–water partition coefficient (Wildman–Crippen LogP) is 0.568. The van der Waals surface area contributed by atoms with Gasteiger partial charge < -0.3 is 14.6 Å². The Labute approximate surface area is 75.0 Å². The molecule has 1 amide bonds. The van der Waals surface area contributed by atoms with Crippen LogP contribution in [0.1, 0.15) is 5.76 Å². The predicted molar refractivity (Wildman–Crippen MR) is 44.2 cm³/mol. The summed E-state index contributed by atoms with van der Waals surface area (Å²) in [5.41, 5.74) is 0.636. The third-order valence-corrected chi connectivity index (χ3v) is 2.02. The Morgan fingerprint density at radius 3 is 2.92 bits per heavy atom. The first-order chi connectivity index (χ1) is 6.27. The van der Waals surface area contributed by atoms with Gasteiger partial charge in [-0.2, -0.15) is 0 Å². The zero-order valence-corrected chi connectivity index (χ0v) is 7.24. The van der Waals surface area contributed by atoms with E-state index in [-0.39, 0.29) is 11.8 Å². The number of nitrogens with one attached hydrogen (secondary N) is 1. The molecule has 5 heteroatoms. The number of anilines is 1. The fourth-order valence-electron chi connectivity index (χ4n) is 1.04. The van der Waals surface area contributed by atoms with Crippen molar-refractivity contribution in [2.75, 3.05) is 18.5 Å². The number of carbonyl (C=O) groups excluding carboxylic acids is 1. The van der Waals surface area contributed by atoms with Gasteiger partial charge in [0.2, 0.25) is 5.91 Å². The van der Waals surface area contributed by atoms with Crippen LogP contribution in [0.25, 0.3) is 0 Å². The van der Waals surface area contributed by atoms with Crippen molar-refractivity contribution in [2.24, 2.45) is 5.92 Å². The van der Waals surface area contributed by atoms with E-state index in [1.54, 1.807) is 6.92 Å². The van der Waals surface area contributed by atoms with Crippen LogP contribution in [0.2, 0.25) is 0 Å². The maximum absolute atomic E-state index is 11.4. The molecule has 1 aromatic rings. The summed E-state index contributed by atoms with van der Waals surface area (Å²) in [5, 5.41) is 6.27. The standard InChI is InChI=1S/C8H10N2O3/c1-5-7(2-9-13-5)10-8(11)6-3-12-4-6/h2,6H,3-4H2,1H3,(H,10,11). The van der Waals surface area contributed by atoms with Crippen molar-refractivity contribution in [1.82, 2.24) is 5.16 Å². The second-order valence-electron chi connectivity index (χ2n) is 3.02. The number of aryl methyl sites for hydroxylation is 1. The summed E-state index contributed by atoms with van der Waals surface area (Å²) in [6, 6.07) is 0. The quantitative estimate of drug-likeness (QED) is 0.726. The molecule has 0 aromatic carbocycles. The average molecular weight is 182 g/mol. The van der Waals surface area contributed by atoms with Crippen LogP contribution in [0.15, 0.2) is 10.7 Å². The fraction of sp³-hybridized carbons (Fsp3) is 0.500. The number of rotatable bonds is 2. The molecule has 1 aromatic heterocycles. The lowest BCUT2D eigenvalue weighted by molar-refractivity contribution is -0.133. The van der Waals surface area contributed by atoms with Crippen molar-refractivity contribution in [1.29, 1.82) is 0 Å². The first-order valence-electron chi connectivity index (χ1n) is 4.07. The average Bonchev–Trinajstić information content (AvgIpc) is 2.32. The summed E-state index contributed by atoms with van der Waals surface area (Å²) in [6.07, 6.45) is 1.49. The van der Waals surface area contributed by atoms with Gasteiger partial charge >= 0.3 is 0 Å². The lowest BCUT2D eigenvalue weighted by Crippen LogP contribution is -2.38. The van der Waals surface area contributed by atoms with Gasteiger partial charge in [-0.15, -0.1) is 0 Å². The fourth-order valence-corrected chi connectivity index (χ4v) is 1.04. The summed E-state index contributed by atoms with van der Waals surface area (Å²) in [7, 11) is 0. The lowest BCUT2D eigenvalue weighted by Gasteiger charge is -2.24. The molecule has 0 saturated carbocycles.